The largest absolute Gasteiger partial charge is 0.481 e. The Balaban J connectivity index is 3.92. The van der Waals surface area contributed by atoms with Crippen molar-refractivity contribution in [3.8, 4) is 0 Å². The minimum absolute atomic E-state index is 0.0609. The predicted octanol–water partition coefficient (Wildman–Crippen LogP) is 1.17. The number of urea groups is 1. The van der Waals surface area contributed by atoms with Gasteiger partial charge in [-0.05, 0) is 19.8 Å². The van der Waals surface area contributed by atoms with Crippen LogP contribution in [0.25, 0.3) is 0 Å². The second-order valence-electron chi connectivity index (χ2n) is 4.17. The van der Waals surface area contributed by atoms with Crippen LogP contribution in [0.5, 0.6) is 0 Å². The molecule has 106 valence electrons. The van der Waals surface area contributed by atoms with E-state index in [0.29, 0.717) is 32.8 Å². The van der Waals surface area contributed by atoms with Crippen molar-refractivity contribution in [2.24, 2.45) is 5.92 Å². The minimum Gasteiger partial charge on any atom is -0.481 e. The van der Waals surface area contributed by atoms with Crippen LogP contribution in [0.4, 0.5) is 4.79 Å². The van der Waals surface area contributed by atoms with E-state index in [-0.39, 0.29) is 18.4 Å². The lowest BCUT2D eigenvalue weighted by Crippen LogP contribution is -2.43. The van der Waals surface area contributed by atoms with Gasteiger partial charge in [0.25, 0.3) is 0 Å². The molecular formula is C12H24N2O4. The summed E-state index contributed by atoms with van der Waals surface area (Å²) in [5.41, 5.74) is 0. The zero-order valence-corrected chi connectivity index (χ0v) is 11.4. The zero-order chi connectivity index (χ0) is 14.0. The fourth-order valence-corrected chi connectivity index (χ4v) is 1.47. The number of hydrogen-bond donors (Lipinski definition) is 2. The van der Waals surface area contributed by atoms with Gasteiger partial charge in [-0.15, -0.1) is 0 Å². The maximum Gasteiger partial charge on any atom is 0.317 e. The summed E-state index contributed by atoms with van der Waals surface area (Å²) in [6.07, 6.45) is 0.0609. The van der Waals surface area contributed by atoms with E-state index in [0.717, 1.165) is 0 Å². The molecule has 6 nitrogen and oxygen atoms in total. The number of hydrogen-bond acceptors (Lipinski definition) is 3. The first-order valence-electron chi connectivity index (χ1n) is 6.33. The quantitative estimate of drug-likeness (QED) is 0.610. The lowest BCUT2D eigenvalue weighted by atomic mass is 10.1. The topological polar surface area (TPSA) is 78.9 Å². The molecule has 1 atom stereocenters. The van der Waals surface area contributed by atoms with E-state index in [4.69, 9.17) is 9.84 Å². The number of rotatable bonds is 9. The third-order valence-corrected chi connectivity index (χ3v) is 2.50. The highest BCUT2D eigenvalue weighted by molar-refractivity contribution is 5.74. The Morgan fingerprint density at radius 1 is 1.39 bits per heavy atom. The number of amides is 2. The molecule has 18 heavy (non-hydrogen) atoms. The van der Waals surface area contributed by atoms with Crippen molar-refractivity contribution in [1.29, 1.82) is 0 Å². The summed E-state index contributed by atoms with van der Waals surface area (Å²) in [4.78, 5) is 23.9. The van der Waals surface area contributed by atoms with Gasteiger partial charge in [0.05, 0.1) is 6.61 Å². The average molecular weight is 260 g/mol. The summed E-state index contributed by atoms with van der Waals surface area (Å²) >= 11 is 0. The van der Waals surface area contributed by atoms with Gasteiger partial charge >= 0.3 is 12.0 Å². The molecule has 0 radical (unpaired) electrons. The molecule has 0 aliphatic heterocycles. The van der Waals surface area contributed by atoms with Gasteiger partial charge in [0.1, 0.15) is 0 Å². The highest BCUT2D eigenvalue weighted by Crippen LogP contribution is 2.00. The number of nitrogens with one attached hydrogen (secondary N) is 1. The molecule has 0 aliphatic carbocycles. The minimum atomic E-state index is -0.847. The van der Waals surface area contributed by atoms with Crippen molar-refractivity contribution in [2.75, 3.05) is 32.8 Å². The normalized spacial score (nSPS) is 11.9. The smallest absolute Gasteiger partial charge is 0.317 e. The Morgan fingerprint density at radius 3 is 2.56 bits per heavy atom. The fraction of sp³-hybridized carbons (Fsp3) is 0.833. The first kappa shape index (κ1) is 16.7. The summed E-state index contributed by atoms with van der Waals surface area (Å²) in [6.45, 7) is 8.27. The van der Waals surface area contributed by atoms with Gasteiger partial charge in [0.2, 0.25) is 0 Å². The van der Waals surface area contributed by atoms with Crippen LogP contribution in [0, 0.1) is 5.92 Å². The van der Waals surface area contributed by atoms with E-state index in [1.807, 2.05) is 13.8 Å². The first-order chi connectivity index (χ1) is 8.51. The van der Waals surface area contributed by atoms with Gasteiger partial charge in [-0.25, -0.2) is 4.79 Å². The van der Waals surface area contributed by atoms with E-state index in [1.54, 1.807) is 11.8 Å². The third kappa shape index (κ3) is 7.89. The maximum atomic E-state index is 11.8. The Hall–Kier alpha value is -1.30. The average Bonchev–Trinajstić information content (AvgIpc) is 2.31. The maximum absolute atomic E-state index is 11.8. The summed E-state index contributed by atoms with van der Waals surface area (Å²) in [6, 6.07) is -0.172. The molecule has 0 heterocycles. The van der Waals surface area contributed by atoms with E-state index in [1.165, 1.54) is 0 Å². The number of carbonyl (C=O) groups is 2. The molecule has 0 fully saturated rings. The Kier molecular flexibility index (Phi) is 9.00. The van der Waals surface area contributed by atoms with Crippen LogP contribution < -0.4 is 5.32 Å². The molecule has 0 aliphatic rings. The van der Waals surface area contributed by atoms with Crippen molar-refractivity contribution in [3.05, 3.63) is 0 Å². The van der Waals surface area contributed by atoms with Gasteiger partial charge < -0.3 is 20.1 Å². The number of carboxylic acids is 1. The molecule has 1 unspecified atom stereocenters. The van der Waals surface area contributed by atoms with E-state index in [9.17, 15) is 9.59 Å². The van der Waals surface area contributed by atoms with Crippen molar-refractivity contribution >= 4 is 12.0 Å². The van der Waals surface area contributed by atoms with E-state index < -0.39 is 5.97 Å². The number of aliphatic carboxylic acids is 1. The SMILES string of the molecule is CCOCCN(CC)C(=O)NCC(C)CC(=O)O. The second kappa shape index (κ2) is 9.70. The van der Waals surface area contributed by atoms with Crippen LogP contribution in [0.3, 0.4) is 0 Å². The highest BCUT2D eigenvalue weighted by Gasteiger charge is 2.13. The summed E-state index contributed by atoms with van der Waals surface area (Å²) < 4.78 is 5.19. The first-order valence-corrected chi connectivity index (χ1v) is 6.33. The standard InChI is InChI=1S/C12H24N2O4/c1-4-14(6-7-18-5-2)12(17)13-9-10(3)8-11(15)16/h10H,4-9H2,1-3H3,(H,13,17)(H,15,16). The monoisotopic (exact) mass is 260 g/mol. The zero-order valence-electron chi connectivity index (χ0n) is 11.4. The molecule has 6 heteroatoms. The van der Waals surface area contributed by atoms with Crippen LogP contribution in [0.2, 0.25) is 0 Å². The molecule has 0 aromatic carbocycles. The molecule has 0 saturated carbocycles. The van der Waals surface area contributed by atoms with Crippen LogP contribution in [0.15, 0.2) is 0 Å². The lowest BCUT2D eigenvalue weighted by molar-refractivity contribution is -0.137. The molecule has 0 rings (SSSR count). The van der Waals surface area contributed by atoms with Crippen LogP contribution in [0.1, 0.15) is 27.2 Å². The van der Waals surface area contributed by atoms with Crippen molar-refractivity contribution in [1.82, 2.24) is 10.2 Å². The molecule has 0 saturated heterocycles. The molecule has 0 aromatic heterocycles. The van der Waals surface area contributed by atoms with Gasteiger partial charge in [-0.2, -0.15) is 0 Å². The number of carbonyl (C=O) groups excluding carboxylic acids is 1. The molecule has 0 bridgehead atoms. The Bertz CT molecular complexity index is 258. The number of likely N-dealkylation sites (N-methyl/N-ethyl adjacent to an activating group) is 1. The second-order valence-corrected chi connectivity index (χ2v) is 4.17. The molecule has 0 aromatic rings. The summed E-state index contributed by atoms with van der Waals surface area (Å²) in [5.74, 6) is -0.919. The van der Waals surface area contributed by atoms with Gasteiger partial charge in [-0.1, -0.05) is 6.92 Å². The van der Waals surface area contributed by atoms with Crippen LogP contribution in [-0.4, -0.2) is 54.9 Å². The number of ether oxygens (including phenoxy) is 1. The van der Waals surface area contributed by atoms with Crippen LogP contribution >= 0.6 is 0 Å². The van der Waals surface area contributed by atoms with Gasteiger partial charge in [-0.3, -0.25) is 4.79 Å². The molecule has 0 spiro atoms. The molecule has 2 N–H and O–H groups in total. The number of carboxylic acid groups (broad SMARTS) is 1. The van der Waals surface area contributed by atoms with E-state index >= 15 is 0 Å². The van der Waals surface area contributed by atoms with Crippen molar-refractivity contribution in [3.63, 3.8) is 0 Å². The van der Waals surface area contributed by atoms with Crippen molar-refractivity contribution in [2.45, 2.75) is 27.2 Å². The van der Waals surface area contributed by atoms with Gasteiger partial charge in [0, 0.05) is 32.7 Å². The lowest BCUT2D eigenvalue weighted by Gasteiger charge is -2.22. The van der Waals surface area contributed by atoms with E-state index in [2.05, 4.69) is 5.32 Å². The summed E-state index contributed by atoms with van der Waals surface area (Å²) in [7, 11) is 0. The number of nitrogens with zero attached hydrogens (tertiary/aromatic N) is 1. The summed E-state index contributed by atoms with van der Waals surface area (Å²) in [5, 5.41) is 11.3. The molecule has 2 amide bonds. The fourth-order valence-electron chi connectivity index (χ4n) is 1.47. The molecular weight excluding hydrogens is 236 g/mol. The Labute approximate surface area is 108 Å². The van der Waals surface area contributed by atoms with Crippen LogP contribution in [-0.2, 0) is 9.53 Å². The van der Waals surface area contributed by atoms with Gasteiger partial charge in [0.15, 0.2) is 0 Å². The Morgan fingerprint density at radius 2 is 2.06 bits per heavy atom. The predicted molar refractivity (Wildman–Crippen MR) is 68.6 cm³/mol. The van der Waals surface area contributed by atoms with Crippen molar-refractivity contribution < 1.29 is 19.4 Å². The third-order valence-electron chi connectivity index (χ3n) is 2.50. The highest BCUT2D eigenvalue weighted by atomic mass is 16.5.